The maximum Gasteiger partial charge on any atom is 0.246 e. The highest BCUT2D eigenvalue weighted by Gasteiger charge is 2.21. The molecule has 1 atom stereocenters. The molecule has 0 saturated heterocycles. The molecule has 21 heavy (non-hydrogen) atoms. The van der Waals surface area contributed by atoms with Gasteiger partial charge in [-0.05, 0) is 30.2 Å². The van der Waals surface area contributed by atoms with Crippen molar-refractivity contribution in [2.75, 3.05) is 12.4 Å². The van der Waals surface area contributed by atoms with Crippen LogP contribution in [0.25, 0.3) is 0 Å². The van der Waals surface area contributed by atoms with Crippen LogP contribution >= 0.6 is 0 Å². The van der Waals surface area contributed by atoms with Crippen molar-refractivity contribution in [1.82, 2.24) is 0 Å². The van der Waals surface area contributed by atoms with E-state index in [9.17, 15) is 10.1 Å². The van der Waals surface area contributed by atoms with Crippen molar-refractivity contribution in [2.24, 2.45) is 0 Å². The molecule has 4 nitrogen and oxygen atoms in total. The van der Waals surface area contributed by atoms with Gasteiger partial charge in [-0.2, -0.15) is 5.26 Å². The van der Waals surface area contributed by atoms with Gasteiger partial charge in [0.05, 0.1) is 18.9 Å². The van der Waals surface area contributed by atoms with Crippen molar-refractivity contribution in [3.8, 4) is 11.8 Å². The fourth-order valence-corrected chi connectivity index (χ4v) is 2.05. The number of carbonyl (C=O) groups excluding carboxylic acids is 1. The van der Waals surface area contributed by atoms with Crippen LogP contribution in [0.3, 0.4) is 0 Å². The first kappa shape index (κ1) is 14.6. The minimum Gasteiger partial charge on any atom is -0.495 e. The minimum absolute atomic E-state index is 0.368. The number of carbonyl (C=O) groups is 1. The Morgan fingerprint density at radius 2 is 1.95 bits per heavy atom. The zero-order valence-corrected chi connectivity index (χ0v) is 12.0. The van der Waals surface area contributed by atoms with Gasteiger partial charge in [0.2, 0.25) is 5.91 Å². The topological polar surface area (TPSA) is 62.1 Å². The Morgan fingerprint density at radius 3 is 2.57 bits per heavy atom. The number of methoxy groups -OCH3 is 1. The maximum absolute atomic E-state index is 12.3. The van der Waals surface area contributed by atoms with Crippen LogP contribution in [-0.2, 0) is 4.79 Å². The van der Waals surface area contributed by atoms with Gasteiger partial charge in [-0.25, -0.2) is 0 Å². The van der Waals surface area contributed by atoms with Crippen LogP contribution in [0.15, 0.2) is 48.5 Å². The van der Waals surface area contributed by atoms with E-state index in [1.54, 1.807) is 37.4 Å². The Morgan fingerprint density at radius 1 is 1.24 bits per heavy atom. The standard InChI is InChI=1S/C17H16N2O2/c1-12-8-9-16(21-2)15(10-12)19-17(20)14(11-18)13-6-4-3-5-7-13/h3-10,14H,1-2H3,(H,19,20). The van der Waals surface area contributed by atoms with Gasteiger partial charge >= 0.3 is 0 Å². The number of benzene rings is 2. The fraction of sp³-hybridized carbons (Fsp3) is 0.176. The third-order valence-corrected chi connectivity index (χ3v) is 3.14. The highest BCUT2D eigenvalue weighted by molar-refractivity contribution is 5.98. The number of nitrogens with zero attached hydrogens (tertiary/aromatic N) is 1. The number of ether oxygens (including phenoxy) is 1. The van der Waals surface area contributed by atoms with Crippen LogP contribution in [0.5, 0.6) is 5.75 Å². The number of amides is 1. The molecule has 106 valence electrons. The summed E-state index contributed by atoms with van der Waals surface area (Å²) in [7, 11) is 1.54. The SMILES string of the molecule is COc1ccc(C)cc1NC(=O)C(C#N)c1ccccc1. The molecule has 0 aliphatic carbocycles. The predicted octanol–water partition coefficient (Wildman–Crippen LogP) is 3.25. The van der Waals surface area contributed by atoms with Crippen molar-refractivity contribution >= 4 is 11.6 Å². The number of hydrogen-bond donors (Lipinski definition) is 1. The number of nitriles is 1. The van der Waals surface area contributed by atoms with E-state index in [-0.39, 0.29) is 5.91 Å². The first-order chi connectivity index (χ1) is 10.2. The van der Waals surface area contributed by atoms with E-state index in [2.05, 4.69) is 5.32 Å². The molecule has 0 aliphatic rings. The van der Waals surface area contributed by atoms with Gasteiger partial charge in [-0.15, -0.1) is 0 Å². The van der Waals surface area contributed by atoms with Crippen LogP contribution in [0.2, 0.25) is 0 Å². The molecule has 1 unspecified atom stereocenters. The zero-order valence-electron chi connectivity index (χ0n) is 12.0. The van der Waals surface area contributed by atoms with Crippen LogP contribution < -0.4 is 10.1 Å². The summed E-state index contributed by atoms with van der Waals surface area (Å²) in [6.45, 7) is 1.92. The molecular weight excluding hydrogens is 264 g/mol. The lowest BCUT2D eigenvalue weighted by Crippen LogP contribution is -2.20. The Balaban J connectivity index is 2.25. The van der Waals surface area contributed by atoms with E-state index in [4.69, 9.17) is 4.74 Å². The number of aryl methyl sites for hydroxylation is 1. The van der Waals surface area contributed by atoms with Gasteiger partial charge in [-0.3, -0.25) is 4.79 Å². The van der Waals surface area contributed by atoms with Gasteiger partial charge in [0, 0.05) is 0 Å². The molecule has 0 aromatic heterocycles. The third kappa shape index (κ3) is 3.40. The summed E-state index contributed by atoms with van der Waals surface area (Å²) >= 11 is 0. The van der Waals surface area contributed by atoms with Crippen molar-refractivity contribution in [3.05, 3.63) is 59.7 Å². The van der Waals surface area contributed by atoms with Gasteiger partial charge in [-0.1, -0.05) is 36.4 Å². The Hall–Kier alpha value is -2.80. The number of nitrogens with one attached hydrogen (secondary N) is 1. The van der Waals surface area contributed by atoms with Gasteiger partial charge in [0.25, 0.3) is 0 Å². The van der Waals surface area contributed by atoms with Crippen LogP contribution in [-0.4, -0.2) is 13.0 Å². The molecular formula is C17H16N2O2. The Kier molecular flexibility index (Phi) is 4.57. The average molecular weight is 280 g/mol. The summed E-state index contributed by atoms with van der Waals surface area (Å²) in [5, 5.41) is 12.0. The second kappa shape index (κ2) is 6.58. The minimum atomic E-state index is -0.851. The number of anilines is 1. The second-order valence-corrected chi connectivity index (χ2v) is 4.67. The largest absolute Gasteiger partial charge is 0.495 e. The van der Waals surface area contributed by atoms with Crippen LogP contribution in [0, 0.1) is 18.3 Å². The molecule has 0 heterocycles. The van der Waals surface area contributed by atoms with Gasteiger partial charge in [0.15, 0.2) is 5.92 Å². The number of hydrogen-bond acceptors (Lipinski definition) is 3. The molecule has 2 aromatic carbocycles. The van der Waals surface area contributed by atoms with E-state index in [1.807, 2.05) is 31.2 Å². The van der Waals surface area contributed by atoms with Crippen molar-refractivity contribution in [1.29, 1.82) is 5.26 Å². The Labute approximate surface area is 124 Å². The smallest absolute Gasteiger partial charge is 0.246 e. The van der Waals surface area contributed by atoms with Crippen LogP contribution in [0.1, 0.15) is 17.0 Å². The summed E-state index contributed by atoms with van der Waals surface area (Å²) in [4.78, 5) is 12.3. The van der Waals surface area contributed by atoms with E-state index < -0.39 is 5.92 Å². The first-order valence-corrected chi connectivity index (χ1v) is 6.55. The normalized spacial score (nSPS) is 11.3. The molecule has 0 aliphatic heterocycles. The molecule has 0 spiro atoms. The molecule has 2 rings (SSSR count). The summed E-state index contributed by atoms with van der Waals surface area (Å²) in [6.07, 6.45) is 0. The second-order valence-electron chi connectivity index (χ2n) is 4.67. The molecule has 4 heteroatoms. The average Bonchev–Trinajstić information content (AvgIpc) is 2.49. The van der Waals surface area contributed by atoms with Gasteiger partial charge < -0.3 is 10.1 Å². The lowest BCUT2D eigenvalue weighted by atomic mass is 10.00. The molecule has 0 saturated carbocycles. The zero-order chi connectivity index (χ0) is 15.2. The molecule has 0 fully saturated rings. The fourth-order valence-electron chi connectivity index (χ4n) is 2.05. The molecule has 1 N–H and O–H groups in total. The van der Waals surface area contributed by atoms with Crippen molar-refractivity contribution in [2.45, 2.75) is 12.8 Å². The Bertz CT molecular complexity index is 675. The van der Waals surface area contributed by atoms with Crippen molar-refractivity contribution < 1.29 is 9.53 Å². The quantitative estimate of drug-likeness (QED) is 0.935. The molecule has 1 amide bonds. The summed E-state index contributed by atoms with van der Waals surface area (Å²) in [5.74, 6) is -0.650. The molecule has 2 aromatic rings. The van der Waals surface area contributed by atoms with E-state index >= 15 is 0 Å². The lowest BCUT2D eigenvalue weighted by Gasteiger charge is -2.13. The van der Waals surface area contributed by atoms with Gasteiger partial charge in [0.1, 0.15) is 5.75 Å². The predicted molar refractivity (Wildman–Crippen MR) is 81.2 cm³/mol. The first-order valence-electron chi connectivity index (χ1n) is 6.55. The molecule has 0 bridgehead atoms. The van der Waals surface area contributed by atoms with E-state index in [0.717, 1.165) is 5.56 Å². The van der Waals surface area contributed by atoms with E-state index in [1.165, 1.54) is 0 Å². The maximum atomic E-state index is 12.3. The van der Waals surface area contributed by atoms with E-state index in [0.29, 0.717) is 17.0 Å². The molecule has 0 radical (unpaired) electrons. The van der Waals surface area contributed by atoms with Crippen LogP contribution in [0.4, 0.5) is 5.69 Å². The summed E-state index contributed by atoms with van der Waals surface area (Å²) in [6, 6.07) is 16.5. The highest BCUT2D eigenvalue weighted by Crippen LogP contribution is 2.27. The monoisotopic (exact) mass is 280 g/mol. The summed E-state index contributed by atoms with van der Waals surface area (Å²) < 4.78 is 5.22. The highest BCUT2D eigenvalue weighted by atomic mass is 16.5. The summed E-state index contributed by atoms with van der Waals surface area (Å²) in [5.41, 5.74) is 2.24. The third-order valence-electron chi connectivity index (χ3n) is 3.14. The number of rotatable bonds is 4. The lowest BCUT2D eigenvalue weighted by molar-refractivity contribution is -0.116. The van der Waals surface area contributed by atoms with Crippen molar-refractivity contribution in [3.63, 3.8) is 0 Å².